The number of hydrogen-bond donors (Lipinski definition) is 2. The Labute approximate surface area is 167 Å². The van der Waals surface area contributed by atoms with Gasteiger partial charge in [-0.15, -0.1) is 35.3 Å². The fourth-order valence-corrected chi connectivity index (χ4v) is 2.59. The van der Waals surface area contributed by atoms with Crippen molar-refractivity contribution in [1.82, 2.24) is 20.5 Å². The molecule has 6 nitrogen and oxygen atoms in total. The van der Waals surface area contributed by atoms with E-state index in [-0.39, 0.29) is 24.0 Å². The van der Waals surface area contributed by atoms with E-state index in [0.29, 0.717) is 37.1 Å². The van der Waals surface area contributed by atoms with Crippen molar-refractivity contribution >= 4 is 41.3 Å². The number of methoxy groups -OCH3 is 1. The van der Waals surface area contributed by atoms with Crippen molar-refractivity contribution in [1.29, 1.82) is 0 Å². The van der Waals surface area contributed by atoms with Crippen LogP contribution in [-0.4, -0.2) is 69.8 Å². The van der Waals surface area contributed by atoms with E-state index in [1.807, 2.05) is 7.05 Å². The van der Waals surface area contributed by atoms with Gasteiger partial charge < -0.3 is 20.3 Å². The van der Waals surface area contributed by atoms with Crippen LogP contribution in [0.2, 0.25) is 0 Å². The van der Waals surface area contributed by atoms with Crippen LogP contribution in [0.4, 0.5) is 13.2 Å². The molecule has 0 aliphatic heterocycles. The Hall–Kier alpha value is -0.660. The van der Waals surface area contributed by atoms with Crippen molar-refractivity contribution in [3.05, 3.63) is 16.1 Å². The number of halogens is 4. The Kier molecular flexibility index (Phi) is 12.3. The number of nitrogens with zero attached hydrogens (tertiary/aromatic N) is 3. The first-order valence-electron chi connectivity index (χ1n) is 7.50. The van der Waals surface area contributed by atoms with Crippen LogP contribution in [0.1, 0.15) is 10.7 Å². The molecule has 1 heterocycles. The molecule has 1 rings (SSSR count). The maximum atomic E-state index is 12.5. The van der Waals surface area contributed by atoms with Gasteiger partial charge in [0, 0.05) is 52.1 Å². The quantitative estimate of drug-likeness (QED) is 0.312. The number of likely N-dealkylation sites (N-methyl/N-ethyl adjacent to an activating group) is 1. The van der Waals surface area contributed by atoms with Gasteiger partial charge in [-0.2, -0.15) is 13.2 Å². The fraction of sp³-hybridized carbons (Fsp3) is 0.714. The minimum atomic E-state index is -4.38. The second-order valence-electron chi connectivity index (χ2n) is 5.10. The number of rotatable bonds is 9. The first-order chi connectivity index (χ1) is 11.4. The predicted octanol–water partition coefficient (Wildman–Crippen LogP) is 2.07. The summed E-state index contributed by atoms with van der Waals surface area (Å²) >= 11 is 1.02. The number of guanidine groups is 1. The smallest absolute Gasteiger partial charge is 0.383 e. The van der Waals surface area contributed by atoms with Crippen molar-refractivity contribution in [3.63, 3.8) is 0 Å². The lowest BCUT2D eigenvalue weighted by molar-refractivity contribution is -0.140. The van der Waals surface area contributed by atoms with Crippen molar-refractivity contribution < 1.29 is 17.9 Å². The molecule has 1 aromatic rings. The standard InChI is InChI=1S/C14H24F3N5OS.HI/c1-18-13(20-6-7-22(2)8-9-23-3)19-5-4-12-21-11(10-24-12)14(15,16)17;/h10H,4-9H2,1-3H3,(H2,18,19,20);1H. The normalized spacial score (nSPS) is 12.2. The molecular weight excluding hydrogens is 470 g/mol. The minimum Gasteiger partial charge on any atom is -0.383 e. The highest BCUT2D eigenvalue weighted by molar-refractivity contribution is 14.0. The van der Waals surface area contributed by atoms with Crippen molar-refractivity contribution in [2.75, 3.05) is 54.0 Å². The number of thiazole rings is 1. The molecule has 0 spiro atoms. The van der Waals surface area contributed by atoms with Gasteiger partial charge in [0.1, 0.15) is 0 Å². The molecule has 0 fully saturated rings. The molecule has 0 aliphatic carbocycles. The van der Waals surface area contributed by atoms with E-state index < -0.39 is 11.9 Å². The van der Waals surface area contributed by atoms with Crippen LogP contribution in [-0.2, 0) is 17.3 Å². The first-order valence-corrected chi connectivity index (χ1v) is 8.38. The minimum absolute atomic E-state index is 0. The molecule has 0 radical (unpaired) electrons. The molecule has 0 bridgehead atoms. The van der Waals surface area contributed by atoms with Crippen LogP contribution in [0.5, 0.6) is 0 Å². The maximum absolute atomic E-state index is 12.5. The van der Waals surface area contributed by atoms with E-state index in [4.69, 9.17) is 4.74 Å². The zero-order valence-corrected chi connectivity index (χ0v) is 17.7. The zero-order chi connectivity index (χ0) is 18.0. The highest BCUT2D eigenvalue weighted by atomic mass is 127. The van der Waals surface area contributed by atoms with Gasteiger partial charge in [0.2, 0.25) is 0 Å². The predicted molar refractivity (Wildman–Crippen MR) is 105 cm³/mol. The average Bonchev–Trinajstić information content (AvgIpc) is 3.00. The van der Waals surface area contributed by atoms with Crippen LogP contribution in [0.25, 0.3) is 0 Å². The molecule has 0 aromatic carbocycles. The molecule has 0 aliphatic rings. The Balaban J connectivity index is 0.00000576. The Morgan fingerprint density at radius 1 is 1.32 bits per heavy atom. The van der Waals surface area contributed by atoms with Gasteiger partial charge in [-0.3, -0.25) is 4.99 Å². The van der Waals surface area contributed by atoms with Gasteiger partial charge in [0.15, 0.2) is 11.7 Å². The summed E-state index contributed by atoms with van der Waals surface area (Å²) in [7, 11) is 5.31. The molecule has 1 aromatic heterocycles. The Bertz CT molecular complexity index is 513. The van der Waals surface area contributed by atoms with E-state index in [1.165, 1.54) is 0 Å². The number of alkyl halides is 3. The number of aliphatic imine (C=N–C) groups is 1. The summed E-state index contributed by atoms with van der Waals surface area (Å²) in [6, 6.07) is 0. The van der Waals surface area contributed by atoms with Gasteiger partial charge in [-0.1, -0.05) is 0 Å². The van der Waals surface area contributed by atoms with Crippen molar-refractivity contribution in [2.24, 2.45) is 4.99 Å². The fourth-order valence-electron chi connectivity index (χ4n) is 1.79. The van der Waals surface area contributed by atoms with E-state index in [0.717, 1.165) is 29.8 Å². The van der Waals surface area contributed by atoms with E-state index >= 15 is 0 Å². The molecule has 2 N–H and O–H groups in total. The van der Waals surface area contributed by atoms with Crippen LogP contribution in [0.3, 0.4) is 0 Å². The summed E-state index contributed by atoms with van der Waals surface area (Å²) in [5.41, 5.74) is -0.830. The summed E-state index contributed by atoms with van der Waals surface area (Å²) in [4.78, 5) is 9.79. The van der Waals surface area contributed by atoms with Crippen molar-refractivity contribution in [2.45, 2.75) is 12.6 Å². The third-order valence-electron chi connectivity index (χ3n) is 3.16. The van der Waals surface area contributed by atoms with Gasteiger partial charge >= 0.3 is 6.18 Å². The molecule has 146 valence electrons. The monoisotopic (exact) mass is 495 g/mol. The van der Waals surface area contributed by atoms with E-state index in [1.54, 1.807) is 14.2 Å². The summed E-state index contributed by atoms with van der Waals surface area (Å²) in [6.45, 7) is 3.51. The number of hydrogen-bond acceptors (Lipinski definition) is 5. The second kappa shape index (κ2) is 12.7. The van der Waals surface area contributed by atoms with Crippen molar-refractivity contribution in [3.8, 4) is 0 Å². The molecule has 0 amide bonds. The van der Waals surface area contributed by atoms with Gasteiger partial charge in [-0.05, 0) is 7.05 Å². The highest BCUT2D eigenvalue weighted by Crippen LogP contribution is 2.29. The molecular formula is C14H25F3IN5OS. The summed E-state index contributed by atoms with van der Waals surface area (Å²) < 4.78 is 42.4. The van der Waals surface area contributed by atoms with Gasteiger partial charge in [-0.25, -0.2) is 4.98 Å². The number of ether oxygens (including phenoxy) is 1. The highest BCUT2D eigenvalue weighted by Gasteiger charge is 2.33. The van der Waals surface area contributed by atoms with Gasteiger partial charge in [0.05, 0.1) is 11.6 Å². The third-order valence-corrected chi connectivity index (χ3v) is 4.07. The summed E-state index contributed by atoms with van der Waals surface area (Å²) in [5.74, 6) is 0.614. The zero-order valence-electron chi connectivity index (χ0n) is 14.5. The lowest BCUT2D eigenvalue weighted by Gasteiger charge is -2.17. The number of aromatic nitrogens is 1. The molecule has 11 heteroatoms. The Morgan fingerprint density at radius 3 is 2.56 bits per heavy atom. The lowest BCUT2D eigenvalue weighted by atomic mass is 10.4. The molecule has 0 unspecified atom stereocenters. The molecule has 25 heavy (non-hydrogen) atoms. The topological polar surface area (TPSA) is 61.8 Å². The second-order valence-corrected chi connectivity index (χ2v) is 6.04. The average molecular weight is 495 g/mol. The summed E-state index contributed by atoms with van der Waals surface area (Å²) in [5, 5.41) is 7.70. The van der Waals surface area contributed by atoms with Crippen LogP contribution in [0.15, 0.2) is 10.4 Å². The lowest BCUT2D eigenvalue weighted by Crippen LogP contribution is -2.42. The first kappa shape index (κ1) is 24.3. The van der Waals surface area contributed by atoms with Crippen LogP contribution >= 0.6 is 35.3 Å². The molecule has 0 saturated heterocycles. The van der Waals surface area contributed by atoms with Gasteiger partial charge in [0.25, 0.3) is 0 Å². The van der Waals surface area contributed by atoms with E-state index in [2.05, 4.69) is 25.5 Å². The molecule has 0 atom stereocenters. The van der Waals surface area contributed by atoms with Crippen LogP contribution in [0, 0.1) is 0 Å². The largest absolute Gasteiger partial charge is 0.434 e. The molecule has 0 saturated carbocycles. The summed E-state index contributed by atoms with van der Waals surface area (Å²) in [6.07, 6.45) is -3.97. The van der Waals surface area contributed by atoms with Crippen LogP contribution < -0.4 is 10.6 Å². The number of nitrogens with one attached hydrogen (secondary N) is 2. The Morgan fingerprint density at radius 2 is 2.00 bits per heavy atom. The SMILES string of the molecule is CN=C(NCCc1nc(C(F)(F)F)cs1)NCCN(C)CCOC.I. The third kappa shape index (κ3) is 10.2. The maximum Gasteiger partial charge on any atom is 0.434 e. The van der Waals surface area contributed by atoms with E-state index in [9.17, 15) is 13.2 Å².